The van der Waals surface area contributed by atoms with E-state index in [0.29, 0.717) is 6.07 Å². The monoisotopic (exact) mass is 407 g/mol. The second-order valence-electron chi connectivity index (χ2n) is 6.81. The molecular weight excluding hydrogens is 384 g/mol. The minimum absolute atomic E-state index is 0.0105. The summed E-state index contributed by atoms with van der Waals surface area (Å²) in [7, 11) is 0. The van der Waals surface area contributed by atoms with E-state index in [-0.39, 0.29) is 18.3 Å². The number of rotatable bonds is 5. The van der Waals surface area contributed by atoms with Gasteiger partial charge in [-0.15, -0.1) is 0 Å². The van der Waals surface area contributed by atoms with E-state index in [2.05, 4.69) is 20.9 Å². The van der Waals surface area contributed by atoms with Crippen molar-refractivity contribution in [1.29, 1.82) is 0 Å². The standard InChI is InChI=1S/C20H23F2N3O2S/c21-15-5-6-17(16(22)11-15)24-20(27)19(26)23-12-18(14-7-10-28-13-14)25-8-3-1-2-4-9-25/h5-7,10-11,13,18H,1-4,8-9,12H2,(H,23,26)(H,24,27). The van der Waals surface area contributed by atoms with Crippen LogP contribution in [0.25, 0.3) is 0 Å². The van der Waals surface area contributed by atoms with Crippen molar-refractivity contribution in [2.24, 2.45) is 0 Å². The minimum Gasteiger partial charge on any atom is -0.346 e. The molecule has 1 aromatic heterocycles. The molecule has 1 aromatic carbocycles. The molecular formula is C20H23F2N3O2S. The number of amides is 2. The maximum Gasteiger partial charge on any atom is 0.313 e. The number of carbonyl (C=O) groups is 2. The molecule has 0 aliphatic carbocycles. The molecule has 1 fully saturated rings. The van der Waals surface area contributed by atoms with Crippen molar-refractivity contribution in [2.45, 2.75) is 31.7 Å². The lowest BCUT2D eigenvalue weighted by atomic mass is 10.1. The van der Waals surface area contributed by atoms with Crippen LogP contribution in [0.5, 0.6) is 0 Å². The number of nitrogens with zero attached hydrogens (tertiary/aromatic N) is 1. The van der Waals surface area contributed by atoms with Crippen molar-refractivity contribution in [3.05, 3.63) is 52.2 Å². The number of anilines is 1. The summed E-state index contributed by atoms with van der Waals surface area (Å²) in [5.74, 6) is -3.51. The summed E-state index contributed by atoms with van der Waals surface area (Å²) in [4.78, 5) is 26.6. The average molecular weight is 407 g/mol. The molecule has 1 atom stereocenters. The molecule has 0 spiro atoms. The van der Waals surface area contributed by atoms with Gasteiger partial charge in [0.05, 0.1) is 11.7 Å². The zero-order valence-electron chi connectivity index (χ0n) is 15.4. The Morgan fingerprint density at radius 1 is 1.07 bits per heavy atom. The van der Waals surface area contributed by atoms with Crippen LogP contribution in [0.1, 0.15) is 37.3 Å². The second-order valence-corrected chi connectivity index (χ2v) is 7.59. The lowest BCUT2D eigenvalue weighted by Crippen LogP contribution is -2.42. The van der Waals surface area contributed by atoms with Crippen LogP contribution in [-0.4, -0.2) is 36.3 Å². The highest BCUT2D eigenvalue weighted by Crippen LogP contribution is 2.25. The lowest BCUT2D eigenvalue weighted by molar-refractivity contribution is -0.136. The van der Waals surface area contributed by atoms with E-state index < -0.39 is 23.4 Å². The molecule has 2 amide bonds. The first kappa shape index (κ1) is 20.4. The molecule has 0 saturated carbocycles. The highest BCUT2D eigenvalue weighted by atomic mass is 32.1. The molecule has 5 nitrogen and oxygen atoms in total. The molecule has 2 heterocycles. The zero-order chi connectivity index (χ0) is 19.9. The summed E-state index contributed by atoms with van der Waals surface area (Å²) in [5.41, 5.74) is 0.876. The molecule has 3 rings (SSSR count). The maximum absolute atomic E-state index is 13.7. The van der Waals surface area contributed by atoms with Crippen LogP contribution < -0.4 is 10.6 Å². The van der Waals surface area contributed by atoms with E-state index in [1.54, 1.807) is 11.3 Å². The van der Waals surface area contributed by atoms with Crippen LogP contribution in [0.3, 0.4) is 0 Å². The van der Waals surface area contributed by atoms with Gasteiger partial charge in [0.25, 0.3) is 0 Å². The van der Waals surface area contributed by atoms with E-state index in [1.165, 1.54) is 12.8 Å². The van der Waals surface area contributed by atoms with Gasteiger partial charge in [-0.25, -0.2) is 8.78 Å². The molecule has 2 N–H and O–H groups in total. The number of hydrogen-bond donors (Lipinski definition) is 2. The topological polar surface area (TPSA) is 61.4 Å². The van der Waals surface area contributed by atoms with Crippen LogP contribution in [0.15, 0.2) is 35.0 Å². The van der Waals surface area contributed by atoms with Crippen molar-refractivity contribution < 1.29 is 18.4 Å². The van der Waals surface area contributed by atoms with Gasteiger partial charge in [0, 0.05) is 12.6 Å². The minimum atomic E-state index is -0.981. The Morgan fingerprint density at radius 2 is 1.82 bits per heavy atom. The molecule has 150 valence electrons. The van der Waals surface area contributed by atoms with E-state index in [4.69, 9.17) is 0 Å². The number of likely N-dealkylation sites (tertiary alicyclic amines) is 1. The SMILES string of the molecule is O=C(NCC(c1ccsc1)N1CCCCCC1)C(=O)Nc1ccc(F)cc1F. The number of carbonyl (C=O) groups excluding carboxylic acids is 2. The fourth-order valence-corrected chi connectivity index (χ4v) is 4.08. The summed E-state index contributed by atoms with van der Waals surface area (Å²) in [6.07, 6.45) is 4.62. The second kappa shape index (κ2) is 9.75. The van der Waals surface area contributed by atoms with Crippen LogP contribution >= 0.6 is 11.3 Å². The summed E-state index contributed by atoms with van der Waals surface area (Å²) < 4.78 is 26.6. The third-order valence-electron chi connectivity index (χ3n) is 4.85. The van der Waals surface area contributed by atoms with E-state index >= 15 is 0 Å². The molecule has 1 unspecified atom stereocenters. The fourth-order valence-electron chi connectivity index (χ4n) is 3.37. The Labute approximate surface area is 166 Å². The summed E-state index contributed by atoms with van der Waals surface area (Å²) in [6, 6.07) is 4.77. The van der Waals surface area contributed by atoms with E-state index in [0.717, 1.165) is 43.6 Å². The molecule has 0 bridgehead atoms. The quantitative estimate of drug-likeness (QED) is 0.743. The first-order valence-electron chi connectivity index (χ1n) is 9.35. The fraction of sp³-hybridized carbons (Fsp3) is 0.400. The predicted octanol–water partition coefficient (Wildman–Crippen LogP) is 3.70. The zero-order valence-corrected chi connectivity index (χ0v) is 16.2. The van der Waals surface area contributed by atoms with Crippen molar-refractivity contribution in [3.8, 4) is 0 Å². The Bertz CT molecular complexity index is 806. The van der Waals surface area contributed by atoms with E-state index in [1.807, 2.05) is 11.4 Å². The third kappa shape index (κ3) is 5.36. The largest absolute Gasteiger partial charge is 0.346 e. The number of halogens is 2. The maximum atomic E-state index is 13.7. The van der Waals surface area contributed by atoms with Crippen molar-refractivity contribution in [2.75, 3.05) is 25.0 Å². The van der Waals surface area contributed by atoms with Gasteiger partial charge in [-0.1, -0.05) is 12.8 Å². The number of benzene rings is 1. The molecule has 8 heteroatoms. The van der Waals surface area contributed by atoms with E-state index in [9.17, 15) is 18.4 Å². The smallest absolute Gasteiger partial charge is 0.313 e. The van der Waals surface area contributed by atoms with Gasteiger partial charge in [0.2, 0.25) is 0 Å². The molecule has 1 aliphatic heterocycles. The van der Waals surface area contributed by atoms with Crippen molar-refractivity contribution >= 4 is 28.8 Å². The van der Waals surface area contributed by atoms with Gasteiger partial charge in [-0.05, 0) is 60.5 Å². The Hall–Kier alpha value is -2.32. The summed E-state index contributed by atoms with van der Waals surface area (Å²) >= 11 is 1.59. The Kier molecular flexibility index (Phi) is 7.11. The molecule has 1 aliphatic rings. The lowest BCUT2D eigenvalue weighted by Gasteiger charge is -2.30. The average Bonchev–Trinajstić information content (AvgIpc) is 3.07. The third-order valence-corrected chi connectivity index (χ3v) is 5.55. The number of hydrogen-bond acceptors (Lipinski definition) is 4. The molecule has 0 radical (unpaired) electrons. The molecule has 1 saturated heterocycles. The van der Waals surface area contributed by atoms with Crippen LogP contribution in [-0.2, 0) is 9.59 Å². The predicted molar refractivity (Wildman–Crippen MR) is 105 cm³/mol. The van der Waals surface area contributed by atoms with Gasteiger partial charge in [-0.2, -0.15) is 11.3 Å². The normalized spacial score (nSPS) is 16.2. The van der Waals surface area contributed by atoms with Crippen LogP contribution in [0.2, 0.25) is 0 Å². The van der Waals surface area contributed by atoms with Crippen LogP contribution in [0.4, 0.5) is 14.5 Å². The number of nitrogens with one attached hydrogen (secondary N) is 2. The van der Waals surface area contributed by atoms with Gasteiger partial charge in [0.15, 0.2) is 0 Å². The molecule has 28 heavy (non-hydrogen) atoms. The first-order valence-corrected chi connectivity index (χ1v) is 10.3. The van der Waals surface area contributed by atoms with Crippen molar-refractivity contribution in [1.82, 2.24) is 10.2 Å². The number of thiophene rings is 1. The van der Waals surface area contributed by atoms with Crippen LogP contribution in [0, 0.1) is 11.6 Å². The highest BCUT2D eigenvalue weighted by molar-refractivity contribution is 7.08. The van der Waals surface area contributed by atoms with Crippen molar-refractivity contribution in [3.63, 3.8) is 0 Å². The molecule has 2 aromatic rings. The van der Waals surface area contributed by atoms with Gasteiger partial charge >= 0.3 is 11.8 Å². The first-order chi connectivity index (χ1) is 13.5. The summed E-state index contributed by atoms with van der Waals surface area (Å²) in [5, 5.41) is 8.88. The highest BCUT2D eigenvalue weighted by Gasteiger charge is 2.24. The van der Waals surface area contributed by atoms with Gasteiger partial charge in [0.1, 0.15) is 11.6 Å². The van der Waals surface area contributed by atoms with Gasteiger partial charge in [-0.3, -0.25) is 14.5 Å². The Morgan fingerprint density at radius 3 is 2.46 bits per heavy atom. The van der Waals surface area contributed by atoms with Gasteiger partial charge < -0.3 is 10.6 Å². The summed E-state index contributed by atoms with van der Waals surface area (Å²) in [6.45, 7) is 2.18. The Balaban J connectivity index is 1.61.